The highest BCUT2D eigenvalue weighted by atomic mass is 19.1. The Morgan fingerprint density at radius 2 is 1.97 bits per heavy atom. The topological polar surface area (TPSA) is 85.0 Å². The van der Waals surface area contributed by atoms with Gasteiger partial charge in [0.05, 0.1) is 23.4 Å². The van der Waals surface area contributed by atoms with E-state index >= 15 is 0 Å². The Balaban J connectivity index is 1.39. The molecular weight excluding hydrogens is 380 g/mol. The van der Waals surface area contributed by atoms with Gasteiger partial charge >= 0.3 is 0 Å². The van der Waals surface area contributed by atoms with Gasteiger partial charge in [0.1, 0.15) is 11.5 Å². The predicted octanol–water partition coefficient (Wildman–Crippen LogP) is 3.14. The van der Waals surface area contributed by atoms with E-state index in [0.717, 1.165) is 25.5 Å². The number of carbonyl (C=O) groups excluding carboxylic acids is 1. The summed E-state index contributed by atoms with van der Waals surface area (Å²) >= 11 is 0. The molecule has 2 aliphatic heterocycles. The monoisotopic (exact) mass is 397 g/mol. The lowest BCUT2D eigenvalue weighted by atomic mass is 9.91. The molecule has 0 aromatic carbocycles. The second-order valence-corrected chi connectivity index (χ2v) is 7.37. The van der Waals surface area contributed by atoms with Crippen LogP contribution < -0.4 is 0 Å². The van der Waals surface area contributed by atoms with Crippen molar-refractivity contribution in [3.05, 3.63) is 59.4 Å². The van der Waals surface area contributed by atoms with Gasteiger partial charge in [-0.2, -0.15) is 9.37 Å². The lowest BCUT2D eigenvalue weighted by molar-refractivity contribution is 0.0570. The Hall–Kier alpha value is -3.23. The van der Waals surface area contributed by atoms with Crippen molar-refractivity contribution < 1.29 is 18.1 Å². The van der Waals surface area contributed by atoms with E-state index in [0.29, 0.717) is 35.8 Å². The molecule has 3 aromatic rings. The maximum atomic E-state index is 13.5. The lowest BCUT2D eigenvalue weighted by Crippen LogP contribution is -2.45. The van der Waals surface area contributed by atoms with Crippen LogP contribution >= 0.6 is 0 Å². The van der Waals surface area contributed by atoms with Crippen molar-refractivity contribution in [1.29, 1.82) is 0 Å². The van der Waals surface area contributed by atoms with Crippen LogP contribution in [0.25, 0.3) is 11.5 Å². The van der Waals surface area contributed by atoms with Gasteiger partial charge < -0.3 is 9.42 Å². The van der Waals surface area contributed by atoms with Crippen molar-refractivity contribution in [2.75, 3.05) is 6.54 Å². The second-order valence-electron chi connectivity index (χ2n) is 7.37. The molecule has 0 aliphatic carbocycles. The summed E-state index contributed by atoms with van der Waals surface area (Å²) in [6.07, 6.45) is 4.01. The normalized spacial score (nSPS) is 21.4. The van der Waals surface area contributed by atoms with Crippen LogP contribution in [0.2, 0.25) is 0 Å². The summed E-state index contributed by atoms with van der Waals surface area (Å²) < 4.78 is 32.0. The third-order valence-electron chi connectivity index (χ3n) is 5.60. The number of aryl methyl sites for hydroxylation is 1. The van der Waals surface area contributed by atoms with E-state index in [1.165, 1.54) is 24.3 Å². The van der Waals surface area contributed by atoms with Crippen LogP contribution in [0.1, 0.15) is 47.1 Å². The molecule has 2 unspecified atom stereocenters. The minimum atomic E-state index is -0.568. The molecule has 7 nitrogen and oxygen atoms in total. The molecule has 0 radical (unpaired) electrons. The first kappa shape index (κ1) is 17.8. The third-order valence-corrected chi connectivity index (χ3v) is 5.60. The van der Waals surface area contributed by atoms with Crippen molar-refractivity contribution in [2.24, 2.45) is 0 Å². The number of amides is 1. The zero-order chi connectivity index (χ0) is 20.0. The standard InChI is InChI=1S/C20H17F2N5O2/c21-12-2-6-16(23-9-12)18-25-19(29-26-18)11-1-3-13-4-7-15-14(5-8-17(22)24-15)20(28)27(13)10-11/h2,5-6,8-9,11,13H,1,3-4,7,10H2. The summed E-state index contributed by atoms with van der Waals surface area (Å²) in [4.78, 5) is 27.2. The highest BCUT2D eigenvalue weighted by molar-refractivity contribution is 5.96. The first-order valence-corrected chi connectivity index (χ1v) is 9.50. The zero-order valence-corrected chi connectivity index (χ0v) is 15.4. The molecule has 1 amide bonds. The minimum Gasteiger partial charge on any atom is -0.339 e. The van der Waals surface area contributed by atoms with Gasteiger partial charge in [-0.25, -0.2) is 14.4 Å². The molecule has 0 bridgehead atoms. The van der Waals surface area contributed by atoms with Gasteiger partial charge in [0, 0.05) is 12.6 Å². The molecule has 3 aromatic heterocycles. The van der Waals surface area contributed by atoms with E-state index in [4.69, 9.17) is 4.52 Å². The largest absolute Gasteiger partial charge is 0.339 e. The van der Waals surface area contributed by atoms with Gasteiger partial charge in [-0.15, -0.1) is 0 Å². The van der Waals surface area contributed by atoms with Crippen molar-refractivity contribution in [2.45, 2.75) is 37.6 Å². The second kappa shape index (κ2) is 6.98. The van der Waals surface area contributed by atoms with Gasteiger partial charge in [0.25, 0.3) is 5.91 Å². The summed E-state index contributed by atoms with van der Waals surface area (Å²) in [5.41, 5.74) is 1.39. The van der Waals surface area contributed by atoms with Crippen LogP contribution in [0.5, 0.6) is 0 Å². The molecule has 1 saturated heterocycles. The van der Waals surface area contributed by atoms with E-state index < -0.39 is 11.8 Å². The Morgan fingerprint density at radius 3 is 2.79 bits per heavy atom. The Bertz CT molecular complexity index is 1070. The van der Waals surface area contributed by atoms with Crippen LogP contribution in [-0.2, 0) is 6.42 Å². The number of halogens is 2. The molecule has 9 heteroatoms. The Kier molecular flexibility index (Phi) is 4.30. The molecule has 0 spiro atoms. The number of aromatic nitrogens is 4. The van der Waals surface area contributed by atoms with E-state index in [1.54, 1.807) is 0 Å². The number of carbonyl (C=O) groups is 1. The van der Waals surface area contributed by atoms with Gasteiger partial charge in [0.2, 0.25) is 17.7 Å². The smallest absolute Gasteiger partial charge is 0.255 e. The predicted molar refractivity (Wildman–Crippen MR) is 96.8 cm³/mol. The number of nitrogens with zero attached hydrogens (tertiary/aromatic N) is 5. The average Bonchev–Trinajstić information content (AvgIpc) is 3.18. The Morgan fingerprint density at radius 1 is 1.07 bits per heavy atom. The SMILES string of the molecule is O=C1c2ccc(F)nc2CCC2CCC(c3nc(-c4ccc(F)cn4)no3)CN12. The molecule has 0 N–H and O–H groups in total. The lowest BCUT2D eigenvalue weighted by Gasteiger charge is -2.37. The maximum absolute atomic E-state index is 13.5. The summed E-state index contributed by atoms with van der Waals surface area (Å²) in [5, 5.41) is 3.95. The number of hydrogen-bond acceptors (Lipinski definition) is 6. The van der Waals surface area contributed by atoms with Crippen molar-refractivity contribution >= 4 is 5.91 Å². The van der Waals surface area contributed by atoms with Crippen LogP contribution in [0.4, 0.5) is 8.78 Å². The maximum Gasteiger partial charge on any atom is 0.255 e. The average molecular weight is 397 g/mol. The van der Waals surface area contributed by atoms with Crippen LogP contribution in [0.3, 0.4) is 0 Å². The number of pyridine rings is 2. The summed E-state index contributed by atoms with van der Waals surface area (Å²) in [6.45, 7) is 0.443. The Labute approximate surface area is 164 Å². The van der Waals surface area contributed by atoms with E-state index in [-0.39, 0.29) is 23.7 Å². The molecule has 5 heterocycles. The molecule has 2 aliphatic rings. The highest BCUT2D eigenvalue weighted by Crippen LogP contribution is 2.34. The fourth-order valence-corrected chi connectivity index (χ4v) is 4.11. The van der Waals surface area contributed by atoms with Gasteiger partial charge in [-0.3, -0.25) is 4.79 Å². The first-order chi connectivity index (χ1) is 14.1. The first-order valence-electron chi connectivity index (χ1n) is 9.50. The van der Waals surface area contributed by atoms with Gasteiger partial charge in [-0.05, 0) is 49.9 Å². The summed E-state index contributed by atoms with van der Waals surface area (Å²) in [6, 6.07) is 5.59. The number of rotatable bonds is 2. The fourth-order valence-electron chi connectivity index (χ4n) is 4.11. The number of fused-ring (bicyclic) bond motifs is 2. The number of piperidine rings is 1. The van der Waals surface area contributed by atoms with Gasteiger partial charge in [-0.1, -0.05) is 5.16 Å². The van der Waals surface area contributed by atoms with Crippen LogP contribution in [0, 0.1) is 11.8 Å². The molecule has 0 saturated carbocycles. The van der Waals surface area contributed by atoms with Crippen LogP contribution in [-0.4, -0.2) is 43.5 Å². The molecule has 2 atom stereocenters. The van der Waals surface area contributed by atoms with Crippen molar-refractivity contribution in [1.82, 2.24) is 25.0 Å². The molecule has 5 rings (SSSR count). The zero-order valence-electron chi connectivity index (χ0n) is 15.4. The molecule has 148 valence electrons. The number of hydrogen-bond donors (Lipinski definition) is 0. The van der Waals surface area contributed by atoms with Gasteiger partial charge in [0.15, 0.2) is 0 Å². The van der Waals surface area contributed by atoms with E-state index in [9.17, 15) is 13.6 Å². The summed E-state index contributed by atoms with van der Waals surface area (Å²) in [5.74, 6) is -0.535. The molecular formula is C20H17F2N5O2. The van der Waals surface area contributed by atoms with Crippen molar-refractivity contribution in [3.63, 3.8) is 0 Å². The quantitative estimate of drug-likeness (QED) is 0.618. The minimum absolute atomic E-state index is 0.0807. The van der Waals surface area contributed by atoms with E-state index in [1.807, 2.05) is 4.90 Å². The summed E-state index contributed by atoms with van der Waals surface area (Å²) in [7, 11) is 0. The van der Waals surface area contributed by atoms with Crippen molar-refractivity contribution in [3.8, 4) is 11.5 Å². The fraction of sp³-hybridized carbons (Fsp3) is 0.350. The highest BCUT2D eigenvalue weighted by Gasteiger charge is 2.37. The van der Waals surface area contributed by atoms with Crippen LogP contribution in [0.15, 0.2) is 35.0 Å². The molecule has 1 fully saturated rings. The molecule has 29 heavy (non-hydrogen) atoms. The van der Waals surface area contributed by atoms with E-state index in [2.05, 4.69) is 20.1 Å². The third kappa shape index (κ3) is 3.26.